The van der Waals surface area contributed by atoms with Gasteiger partial charge in [-0.1, -0.05) is 11.6 Å². The molecule has 0 spiro atoms. The van der Waals surface area contributed by atoms with Crippen LogP contribution in [0.3, 0.4) is 0 Å². The molecular weight excluding hydrogens is 204 g/mol. The van der Waals surface area contributed by atoms with Crippen LogP contribution in [-0.2, 0) is 9.53 Å². The molecule has 0 aliphatic carbocycles. The van der Waals surface area contributed by atoms with E-state index in [0.717, 1.165) is 0 Å². The number of rotatable bonds is 1. The van der Waals surface area contributed by atoms with E-state index in [-0.39, 0.29) is 18.6 Å². The number of hydrogen-bond acceptors (Lipinski definition) is 3. The summed E-state index contributed by atoms with van der Waals surface area (Å²) < 4.78 is 5.09. The maximum absolute atomic E-state index is 11.1. The number of nitrogens with one attached hydrogen (secondary N) is 1. The molecule has 2 rings (SSSR count). The van der Waals surface area contributed by atoms with Gasteiger partial charge < -0.3 is 10.1 Å². The zero-order valence-electron chi connectivity index (χ0n) is 7.37. The van der Waals surface area contributed by atoms with Crippen LogP contribution in [0.2, 0.25) is 5.02 Å². The van der Waals surface area contributed by atoms with Crippen LogP contribution in [0.1, 0.15) is 11.7 Å². The third-order valence-electron chi connectivity index (χ3n) is 1.97. The van der Waals surface area contributed by atoms with E-state index in [1.807, 2.05) is 0 Å². The van der Waals surface area contributed by atoms with E-state index in [4.69, 9.17) is 16.3 Å². The molecule has 1 N–H and O–H groups in total. The van der Waals surface area contributed by atoms with E-state index >= 15 is 0 Å². The minimum absolute atomic E-state index is 0.112. The third kappa shape index (κ3) is 1.86. The Balaban J connectivity index is 2.22. The SMILES string of the molecule is O=C1COC[C@H](c2ncccc2Cl)N1. The Morgan fingerprint density at radius 3 is 3.21 bits per heavy atom. The van der Waals surface area contributed by atoms with E-state index < -0.39 is 0 Å². The number of pyridine rings is 1. The minimum atomic E-state index is -0.232. The minimum Gasteiger partial charge on any atom is -0.369 e. The highest BCUT2D eigenvalue weighted by atomic mass is 35.5. The van der Waals surface area contributed by atoms with Gasteiger partial charge in [0.2, 0.25) is 5.91 Å². The Bertz CT molecular complexity index is 356. The van der Waals surface area contributed by atoms with Crippen molar-refractivity contribution in [3.05, 3.63) is 29.0 Å². The molecule has 14 heavy (non-hydrogen) atoms. The predicted molar refractivity (Wildman–Crippen MR) is 50.9 cm³/mol. The van der Waals surface area contributed by atoms with Crippen molar-refractivity contribution in [1.29, 1.82) is 0 Å². The van der Waals surface area contributed by atoms with Crippen molar-refractivity contribution >= 4 is 17.5 Å². The maximum Gasteiger partial charge on any atom is 0.246 e. The van der Waals surface area contributed by atoms with Gasteiger partial charge in [-0.05, 0) is 12.1 Å². The van der Waals surface area contributed by atoms with Crippen molar-refractivity contribution in [3.63, 3.8) is 0 Å². The second-order valence-corrected chi connectivity index (χ2v) is 3.41. The van der Waals surface area contributed by atoms with Crippen molar-refractivity contribution in [2.75, 3.05) is 13.2 Å². The van der Waals surface area contributed by atoms with Gasteiger partial charge in [-0.15, -0.1) is 0 Å². The van der Waals surface area contributed by atoms with Gasteiger partial charge in [0.25, 0.3) is 0 Å². The highest BCUT2D eigenvalue weighted by Crippen LogP contribution is 2.21. The highest BCUT2D eigenvalue weighted by molar-refractivity contribution is 6.31. The number of hydrogen-bond donors (Lipinski definition) is 1. The van der Waals surface area contributed by atoms with Gasteiger partial charge in [0, 0.05) is 6.20 Å². The summed E-state index contributed by atoms with van der Waals surface area (Å²) in [5.41, 5.74) is 0.655. The molecule has 5 heteroatoms. The summed E-state index contributed by atoms with van der Waals surface area (Å²) in [5.74, 6) is -0.136. The molecule has 0 aromatic carbocycles. The first kappa shape index (κ1) is 9.43. The van der Waals surface area contributed by atoms with Gasteiger partial charge in [-0.2, -0.15) is 0 Å². The second kappa shape index (κ2) is 3.94. The van der Waals surface area contributed by atoms with Crippen LogP contribution >= 0.6 is 11.6 Å². The van der Waals surface area contributed by atoms with Crippen molar-refractivity contribution in [3.8, 4) is 0 Å². The van der Waals surface area contributed by atoms with Crippen molar-refractivity contribution in [2.45, 2.75) is 6.04 Å². The van der Waals surface area contributed by atoms with E-state index in [1.54, 1.807) is 18.3 Å². The van der Waals surface area contributed by atoms with E-state index in [2.05, 4.69) is 10.3 Å². The van der Waals surface area contributed by atoms with Crippen LogP contribution in [0, 0.1) is 0 Å². The molecule has 1 aromatic heterocycles. The summed E-state index contributed by atoms with van der Waals surface area (Å²) in [7, 11) is 0. The quantitative estimate of drug-likeness (QED) is 0.753. The second-order valence-electron chi connectivity index (χ2n) is 3.01. The number of aromatic nitrogens is 1. The fourth-order valence-electron chi connectivity index (χ4n) is 1.35. The molecule has 0 saturated carbocycles. The van der Waals surface area contributed by atoms with Crippen LogP contribution in [0.4, 0.5) is 0 Å². The molecule has 1 aromatic rings. The Morgan fingerprint density at radius 1 is 1.64 bits per heavy atom. The molecule has 2 heterocycles. The summed E-state index contributed by atoms with van der Waals surface area (Å²) in [4.78, 5) is 15.2. The Kier molecular flexibility index (Phi) is 2.65. The van der Waals surface area contributed by atoms with Gasteiger partial charge in [0.1, 0.15) is 6.61 Å². The average molecular weight is 213 g/mol. The molecule has 0 bridgehead atoms. The van der Waals surface area contributed by atoms with Crippen molar-refractivity contribution in [2.24, 2.45) is 0 Å². The molecule has 1 aliphatic heterocycles. The number of ether oxygens (including phenoxy) is 1. The molecule has 1 saturated heterocycles. The largest absolute Gasteiger partial charge is 0.369 e. The average Bonchev–Trinajstić information content (AvgIpc) is 2.18. The summed E-state index contributed by atoms with van der Waals surface area (Å²) >= 11 is 5.94. The highest BCUT2D eigenvalue weighted by Gasteiger charge is 2.22. The molecule has 4 nitrogen and oxygen atoms in total. The van der Waals surface area contributed by atoms with Crippen LogP contribution < -0.4 is 5.32 Å². The molecule has 1 atom stereocenters. The molecule has 0 unspecified atom stereocenters. The molecule has 1 amide bonds. The normalized spacial score (nSPS) is 21.8. The fourth-order valence-corrected chi connectivity index (χ4v) is 1.60. The zero-order chi connectivity index (χ0) is 9.97. The maximum atomic E-state index is 11.1. The van der Waals surface area contributed by atoms with Gasteiger partial charge >= 0.3 is 0 Å². The summed E-state index contributed by atoms with van der Waals surface area (Å²) in [6.45, 7) is 0.531. The molecule has 0 radical (unpaired) electrons. The van der Waals surface area contributed by atoms with Gasteiger partial charge in [0.05, 0.1) is 23.4 Å². The first-order valence-electron chi connectivity index (χ1n) is 4.25. The van der Waals surface area contributed by atoms with Gasteiger partial charge in [-0.25, -0.2) is 0 Å². The molecule has 1 fully saturated rings. The van der Waals surface area contributed by atoms with Crippen LogP contribution in [0.5, 0.6) is 0 Å². The fraction of sp³-hybridized carbons (Fsp3) is 0.333. The van der Waals surface area contributed by atoms with E-state index in [0.29, 0.717) is 17.3 Å². The lowest BCUT2D eigenvalue weighted by atomic mass is 10.2. The number of carbonyl (C=O) groups is 1. The predicted octanol–water partition coefficient (Wildman–Crippen LogP) is 0.922. The standard InChI is InChI=1S/C9H9ClN2O2/c10-6-2-1-3-11-9(6)7-4-14-5-8(13)12-7/h1-3,7H,4-5H2,(H,12,13)/t7-/m1/s1. The molecule has 74 valence electrons. The monoisotopic (exact) mass is 212 g/mol. The Hall–Kier alpha value is -1.13. The lowest BCUT2D eigenvalue weighted by Crippen LogP contribution is -2.40. The number of carbonyl (C=O) groups excluding carboxylic acids is 1. The molecule has 1 aliphatic rings. The van der Waals surface area contributed by atoms with Crippen LogP contribution in [0.15, 0.2) is 18.3 Å². The topological polar surface area (TPSA) is 51.2 Å². The first-order valence-corrected chi connectivity index (χ1v) is 4.62. The smallest absolute Gasteiger partial charge is 0.246 e. The van der Waals surface area contributed by atoms with Gasteiger partial charge in [0.15, 0.2) is 0 Å². The Morgan fingerprint density at radius 2 is 2.50 bits per heavy atom. The lowest BCUT2D eigenvalue weighted by molar-refractivity contribution is -0.131. The van der Waals surface area contributed by atoms with Crippen molar-refractivity contribution < 1.29 is 9.53 Å². The number of nitrogens with zero attached hydrogens (tertiary/aromatic N) is 1. The van der Waals surface area contributed by atoms with Crippen molar-refractivity contribution in [1.82, 2.24) is 10.3 Å². The lowest BCUT2D eigenvalue weighted by Gasteiger charge is -2.23. The number of morpholine rings is 1. The van der Waals surface area contributed by atoms with Crippen LogP contribution in [0.25, 0.3) is 0 Å². The molecular formula is C9H9ClN2O2. The number of amides is 1. The first-order chi connectivity index (χ1) is 6.77. The summed E-state index contributed by atoms with van der Waals surface area (Å²) in [6, 6.07) is 3.26. The summed E-state index contributed by atoms with van der Waals surface area (Å²) in [5, 5.41) is 3.31. The summed E-state index contributed by atoms with van der Waals surface area (Å²) in [6.07, 6.45) is 1.64. The number of halogens is 1. The van der Waals surface area contributed by atoms with E-state index in [1.165, 1.54) is 0 Å². The van der Waals surface area contributed by atoms with Crippen LogP contribution in [-0.4, -0.2) is 24.1 Å². The van der Waals surface area contributed by atoms with Gasteiger partial charge in [-0.3, -0.25) is 9.78 Å². The third-order valence-corrected chi connectivity index (χ3v) is 2.29. The Labute approximate surface area is 86.2 Å². The van der Waals surface area contributed by atoms with E-state index in [9.17, 15) is 4.79 Å². The zero-order valence-corrected chi connectivity index (χ0v) is 8.12.